The van der Waals surface area contributed by atoms with Crippen molar-refractivity contribution in [1.29, 1.82) is 0 Å². The van der Waals surface area contributed by atoms with E-state index in [0.717, 1.165) is 5.56 Å². The molecular weight excluding hydrogens is 404 g/mol. The molecule has 1 saturated heterocycles. The fourth-order valence-corrected chi connectivity index (χ4v) is 5.09. The maximum Gasteiger partial charge on any atom is 0.276 e. The maximum atomic E-state index is 13.1. The molecule has 158 valence electrons. The summed E-state index contributed by atoms with van der Waals surface area (Å²) in [5, 5.41) is 9.46. The van der Waals surface area contributed by atoms with E-state index in [0.29, 0.717) is 30.8 Å². The second-order valence-corrected chi connectivity index (χ2v) is 9.30. The molecule has 1 aromatic carbocycles. The van der Waals surface area contributed by atoms with Crippen LogP contribution in [0.1, 0.15) is 31.4 Å². The minimum Gasteiger partial charge on any atom is -0.442 e. The Morgan fingerprint density at radius 2 is 2.03 bits per heavy atom. The number of nitrogens with one attached hydrogen (secondary N) is 2. The highest BCUT2D eigenvalue weighted by Crippen LogP contribution is 2.28. The predicted molar refractivity (Wildman–Crippen MR) is 111 cm³/mol. The Kier molecular flexibility index (Phi) is 5.74. The topological polar surface area (TPSA) is 108 Å². The van der Waals surface area contributed by atoms with Crippen LogP contribution in [0.5, 0.6) is 0 Å². The van der Waals surface area contributed by atoms with Crippen LogP contribution in [0.2, 0.25) is 0 Å². The van der Waals surface area contributed by atoms with Crippen LogP contribution in [0.15, 0.2) is 64.2 Å². The number of piperidine rings is 1. The summed E-state index contributed by atoms with van der Waals surface area (Å²) >= 11 is 0. The van der Waals surface area contributed by atoms with Crippen molar-refractivity contribution in [2.75, 3.05) is 13.1 Å². The Morgan fingerprint density at radius 3 is 2.77 bits per heavy atom. The lowest BCUT2D eigenvalue weighted by molar-refractivity contribution is -0.126. The molecule has 2 aromatic heterocycles. The number of nitrogens with zero attached hydrogens (tertiary/aromatic N) is 2. The van der Waals surface area contributed by atoms with Crippen LogP contribution in [0, 0.1) is 5.92 Å². The normalized spacial score (nSPS) is 18.8. The third-order valence-electron chi connectivity index (χ3n) is 5.35. The highest BCUT2D eigenvalue weighted by atomic mass is 32.2. The zero-order valence-corrected chi connectivity index (χ0v) is 17.4. The van der Waals surface area contributed by atoms with Crippen LogP contribution >= 0.6 is 0 Å². The first-order valence-electron chi connectivity index (χ1n) is 9.90. The number of hydrogen-bond donors (Lipinski definition) is 2. The van der Waals surface area contributed by atoms with E-state index in [1.165, 1.54) is 10.4 Å². The van der Waals surface area contributed by atoms with Crippen LogP contribution in [0.4, 0.5) is 0 Å². The van der Waals surface area contributed by atoms with Crippen molar-refractivity contribution >= 4 is 15.9 Å². The third-order valence-corrected chi connectivity index (χ3v) is 7.09. The average molecular weight is 429 g/mol. The molecule has 9 heteroatoms. The molecule has 4 rings (SSSR count). The van der Waals surface area contributed by atoms with Crippen LogP contribution in [0.25, 0.3) is 11.5 Å². The molecule has 8 nitrogen and oxygen atoms in total. The molecule has 1 aliphatic heterocycles. The summed E-state index contributed by atoms with van der Waals surface area (Å²) in [6, 6.07) is 14.3. The molecule has 0 unspecified atom stereocenters. The number of benzene rings is 1. The monoisotopic (exact) mass is 428 g/mol. The number of aromatic nitrogens is 2. The quantitative estimate of drug-likeness (QED) is 0.628. The summed E-state index contributed by atoms with van der Waals surface area (Å²) < 4.78 is 33.0. The second-order valence-electron chi connectivity index (χ2n) is 7.43. The predicted octanol–water partition coefficient (Wildman–Crippen LogP) is 2.95. The molecule has 0 aliphatic carbocycles. The van der Waals surface area contributed by atoms with Gasteiger partial charge in [0, 0.05) is 19.3 Å². The number of carbonyl (C=O) groups excluding carboxylic acids is 1. The highest BCUT2D eigenvalue weighted by Gasteiger charge is 2.35. The van der Waals surface area contributed by atoms with E-state index in [4.69, 9.17) is 4.42 Å². The smallest absolute Gasteiger partial charge is 0.276 e. The summed E-state index contributed by atoms with van der Waals surface area (Å²) in [4.78, 5) is 12.8. The first-order valence-corrected chi connectivity index (χ1v) is 11.3. The van der Waals surface area contributed by atoms with E-state index < -0.39 is 15.9 Å². The number of furan rings is 1. The molecule has 3 heterocycles. The number of carbonyl (C=O) groups is 1. The molecule has 1 amide bonds. The lowest BCUT2D eigenvalue weighted by Gasteiger charge is -2.31. The fourth-order valence-electron chi connectivity index (χ4n) is 3.65. The van der Waals surface area contributed by atoms with Crippen molar-refractivity contribution in [2.45, 2.75) is 30.9 Å². The van der Waals surface area contributed by atoms with Gasteiger partial charge in [0.1, 0.15) is 5.69 Å². The van der Waals surface area contributed by atoms with Gasteiger partial charge >= 0.3 is 0 Å². The third kappa shape index (κ3) is 4.17. The molecule has 0 bridgehead atoms. The van der Waals surface area contributed by atoms with Crippen molar-refractivity contribution < 1.29 is 17.6 Å². The minimum absolute atomic E-state index is 0.134. The van der Waals surface area contributed by atoms with Gasteiger partial charge in [-0.15, -0.1) is 0 Å². The molecular formula is C21H24N4O4S. The molecule has 2 atom stereocenters. The van der Waals surface area contributed by atoms with E-state index >= 15 is 0 Å². The van der Waals surface area contributed by atoms with Crippen LogP contribution < -0.4 is 5.32 Å². The summed E-state index contributed by atoms with van der Waals surface area (Å²) in [7, 11) is -3.83. The Morgan fingerprint density at radius 1 is 1.23 bits per heavy atom. The van der Waals surface area contributed by atoms with Crippen molar-refractivity contribution in [2.24, 2.45) is 5.92 Å². The number of sulfonamides is 1. The van der Waals surface area contributed by atoms with E-state index in [2.05, 4.69) is 15.5 Å². The largest absolute Gasteiger partial charge is 0.442 e. The van der Waals surface area contributed by atoms with Gasteiger partial charge in [0.2, 0.25) is 11.0 Å². The number of hydrogen-bond acceptors (Lipinski definition) is 5. The van der Waals surface area contributed by atoms with E-state index in [-0.39, 0.29) is 23.6 Å². The Balaban J connectivity index is 1.44. The minimum atomic E-state index is -3.83. The lowest BCUT2D eigenvalue weighted by atomic mass is 9.98. The zero-order chi connectivity index (χ0) is 21.1. The molecule has 0 radical (unpaired) electrons. The SMILES string of the molecule is C[C@@H](NC(=O)[C@@H]1CCCN(S(=O)(=O)c2ccc(-c3ccn[nH]3)o2)C1)c1ccccc1. The average Bonchev–Trinajstić information content (AvgIpc) is 3.46. The van der Waals surface area contributed by atoms with Gasteiger partial charge in [0.15, 0.2) is 5.76 Å². The first kappa shape index (κ1) is 20.4. The molecule has 0 saturated carbocycles. The second kappa shape index (κ2) is 8.45. The summed E-state index contributed by atoms with van der Waals surface area (Å²) in [6.45, 7) is 2.42. The van der Waals surface area contributed by atoms with Gasteiger partial charge < -0.3 is 9.73 Å². The van der Waals surface area contributed by atoms with Crippen molar-refractivity contribution in [3.05, 3.63) is 60.3 Å². The number of H-pyrrole nitrogens is 1. The lowest BCUT2D eigenvalue weighted by Crippen LogP contribution is -2.45. The Labute approximate surface area is 175 Å². The van der Waals surface area contributed by atoms with Crippen LogP contribution in [-0.4, -0.2) is 41.9 Å². The summed E-state index contributed by atoms with van der Waals surface area (Å²) in [5.41, 5.74) is 1.61. The fraction of sp³-hybridized carbons (Fsp3) is 0.333. The van der Waals surface area contributed by atoms with Gasteiger partial charge in [-0.3, -0.25) is 9.89 Å². The maximum absolute atomic E-state index is 13.1. The molecule has 30 heavy (non-hydrogen) atoms. The number of aromatic amines is 1. The van der Waals surface area contributed by atoms with Crippen molar-refractivity contribution in [1.82, 2.24) is 19.8 Å². The van der Waals surface area contributed by atoms with Gasteiger partial charge in [0.25, 0.3) is 10.0 Å². The van der Waals surface area contributed by atoms with Gasteiger partial charge in [-0.05, 0) is 43.5 Å². The van der Waals surface area contributed by atoms with Crippen LogP contribution in [-0.2, 0) is 14.8 Å². The molecule has 1 aliphatic rings. The van der Waals surface area contributed by atoms with E-state index in [1.807, 2.05) is 37.3 Å². The molecule has 1 fully saturated rings. The molecule has 3 aromatic rings. The van der Waals surface area contributed by atoms with Gasteiger partial charge in [0.05, 0.1) is 12.0 Å². The van der Waals surface area contributed by atoms with Crippen LogP contribution in [0.3, 0.4) is 0 Å². The Bertz CT molecular complexity index is 1090. The highest BCUT2D eigenvalue weighted by molar-refractivity contribution is 7.89. The first-order chi connectivity index (χ1) is 14.4. The van der Waals surface area contributed by atoms with Gasteiger partial charge in [-0.25, -0.2) is 8.42 Å². The van der Waals surface area contributed by atoms with Gasteiger partial charge in [-0.2, -0.15) is 9.40 Å². The van der Waals surface area contributed by atoms with Crippen molar-refractivity contribution in [3.8, 4) is 11.5 Å². The summed E-state index contributed by atoms with van der Waals surface area (Å²) in [5.74, 6) is -0.139. The van der Waals surface area contributed by atoms with E-state index in [1.54, 1.807) is 18.3 Å². The molecule has 0 spiro atoms. The van der Waals surface area contributed by atoms with Gasteiger partial charge in [-0.1, -0.05) is 30.3 Å². The standard InChI is InChI=1S/C21H24N4O4S/c1-15(16-6-3-2-4-7-16)23-21(26)17-8-5-13-25(14-17)30(27,28)20-10-9-19(29-20)18-11-12-22-24-18/h2-4,6-7,9-12,15,17H,5,8,13-14H2,1H3,(H,22,24)(H,23,26)/t15-,17-/m1/s1. The molecule has 2 N–H and O–H groups in total. The zero-order valence-electron chi connectivity index (χ0n) is 16.6. The van der Waals surface area contributed by atoms with Crippen molar-refractivity contribution in [3.63, 3.8) is 0 Å². The Hall–Kier alpha value is -2.91. The number of amides is 1. The summed E-state index contributed by atoms with van der Waals surface area (Å²) in [6.07, 6.45) is 2.83. The number of rotatable bonds is 6. The van der Waals surface area contributed by atoms with E-state index in [9.17, 15) is 13.2 Å².